The Morgan fingerprint density at radius 2 is 1.83 bits per heavy atom. The van der Waals surface area contributed by atoms with Crippen molar-refractivity contribution in [3.8, 4) is 17.2 Å². The highest BCUT2D eigenvalue weighted by molar-refractivity contribution is 6.02. The number of carbonyl (C=O) groups excluding carboxylic acids is 1. The van der Waals surface area contributed by atoms with Crippen LogP contribution in [-0.2, 0) is 4.79 Å². The van der Waals surface area contributed by atoms with Crippen molar-refractivity contribution >= 4 is 16.6 Å². The number of hydrogen-bond donors (Lipinski definition) is 1. The summed E-state index contributed by atoms with van der Waals surface area (Å²) in [5.41, 5.74) is 2.08. The smallest absolute Gasteiger partial charge is 0.163 e. The molecule has 1 aliphatic carbocycles. The Kier molecular flexibility index (Phi) is 4.14. The summed E-state index contributed by atoms with van der Waals surface area (Å²) in [6, 6.07) is 17.5. The molecule has 0 bridgehead atoms. The predicted octanol–water partition coefficient (Wildman–Crippen LogP) is 5.72. The highest BCUT2D eigenvalue weighted by Gasteiger charge is 2.43. The van der Waals surface area contributed by atoms with Crippen molar-refractivity contribution in [3.63, 3.8) is 0 Å². The number of phenolic OH excluding ortho intramolecular Hbond substituents is 1. The fraction of sp³-hybridized carbons (Fsp3) is 0.269. The van der Waals surface area contributed by atoms with Crippen LogP contribution in [0.3, 0.4) is 0 Å². The Morgan fingerprint density at radius 1 is 1.03 bits per heavy atom. The normalized spacial score (nSPS) is 19.8. The van der Waals surface area contributed by atoms with Gasteiger partial charge in [-0.1, -0.05) is 56.3 Å². The Hall–Kier alpha value is -3.27. The maximum absolute atomic E-state index is 13.4. The van der Waals surface area contributed by atoms with Crippen molar-refractivity contribution in [2.45, 2.75) is 32.6 Å². The zero-order valence-electron chi connectivity index (χ0n) is 17.4. The van der Waals surface area contributed by atoms with Gasteiger partial charge in [-0.05, 0) is 28.3 Å². The molecule has 0 radical (unpaired) electrons. The summed E-state index contributed by atoms with van der Waals surface area (Å²) >= 11 is 0. The highest BCUT2D eigenvalue weighted by atomic mass is 16.5. The molecule has 1 unspecified atom stereocenters. The predicted molar refractivity (Wildman–Crippen MR) is 116 cm³/mol. The van der Waals surface area contributed by atoms with Crippen molar-refractivity contribution in [3.05, 3.63) is 77.1 Å². The SMILES string of the molecule is COc1cccc(C2C3=C(CC(C)(C)CC3=O)Oc3ccc4ccccc4c32)c1O. The summed E-state index contributed by atoms with van der Waals surface area (Å²) in [7, 11) is 1.53. The molecule has 2 aliphatic rings. The number of Topliss-reactive ketones (excluding diaryl/α,β-unsaturated/α-hetero) is 1. The molecule has 0 saturated carbocycles. The molecule has 30 heavy (non-hydrogen) atoms. The van der Waals surface area contributed by atoms with Crippen LogP contribution in [0, 0.1) is 5.41 Å². The largest absolute Gasteiger partial charge is 0.504 e. The maximum atomic E-state index is 13.4. The van der Waals surface area contributed by atoms with Crippen LogP contribution in [0.15, 0.2) is 65.9 Å². The van der Waals surface area contributed by atoms with Crippen LogP contribution in [0.2, 0.25) is 0 Å². The number of phenols is 1. The molecule has 5 rings (SSSR count). The van der Waals surface area contributed by atoms with E-state index < -0.39 is 5.92 Å². The lowest BCUT2D eigenvalue weighted by atomic mass is 9.69. The van der Waals surface area contributed by atoms with E-state index in [1.807, 2.05) is 48.5 Å². The molecule has 1 N–H and O–H groups in total. The average Bonchev–Trinajstić information content (AvgIpc) is 2.71. The summed E-state index contributed by atoms with van der Waals surface area (Å²) in [6.45, 7) is 4.18. The van der Waals surface area contributed by atoms with E-state index in [0.717, 1.165) is 22.1 Å². The maximum Gasteiger partial charge on any atom is 0.163 e. The number of para-hydroxylation sites is 1. The summed E-state index contributed by atoms with van der Waals surface area (Å²) in [5.74, 6) is 1.58. The molecule has 152 valence electrons. The Bertz CT molecular complexity index is 1220. The summed E-state index contributed by atoms with van der Waals surface area (Å²) in [5, 5.41) is 13.1. The molecule has 0 saturated heterocycles. The fourth-order valence-corrected chi connectivity index (χ4v) is 4.88. The molecule has 4 heteroatoms. The van der Waals surface area contributed by atoms with Crippen LogP contribution in [0.1, 0.15) is 43.7 Å². The minimum absolute atomic E-state index is 0.0651. The highest BCUT2D eigenvalue weighted by Crippen LogP contribution is 2.54. The third kappa shape index (κ3) is 2.78. The molecule has 0 spiro atoms. The third-order valence-corrected chi connectivity index (χ3v) is 6.18. The molecular formula is C26H24O4. The standard InChI is InChI=1S/C26H24O4/c1-26(2)13-18(27)24-21(14-26)30-19-12-11-15-7-4-5-8-16(15)22(19)23(24)17-9-6-10-20(29-3)25(17)28/h4-12,23,28H,13-14H2,1-3H3. The lowest BCUT2D eigenvalue weighted by molar-refractivity contribution is -0.118. The van der Waals surface area contributed by atoms with Crippen molar-refractivity contribution in [2.75, 3.05) is 7.11 Å². The van der Waals surface area contributed by atoms with Gasteiger partial charge in [0, 0.05) is 35.5 Å². The fourth-order valence-electron chi connectivity index (χ4n) is 4.88. The van der Waals surface area contributed by atoms with Gasteiger partial charge in [0.05, 0.1) is 7.11 Å². The van der Waals surface area contributed by atoms with Gasteiger partial charge < -0.3 is 14.6 Å². The number of hydrogen-bond acceptors (Lipinski definition) is 4. The van der Waals surface area contributed by atoms with Crippen molar-refractivity contribution < 1.29 is 19.4 Å². The number of ketones is 1. The number of methoxy groups -OCH3 is 1. The topological polar surface area (TPSA) is 55.8 Å². The van der Waals surface area contributed by atoms with E-state index in [4.69, 9.17) is 9.47 Å². The zero-order chi connectivity index (χ0) is 21.0. The quantitative estimate of drug-likeness (QED) is 0.598. The molecule has 1 aliphatic heterocycles. The van der Waals surface area contributed by atoms with Gasteiger partial charge in [0.25, 0.3) is 0 Å². The molecule has 3 aromatic rings. The van der Waals surface area contributed by atoms with Gasteiger partial charge in [0.15, 0.2) is 17.3 Å². The van der Waals surface area contributed by atoms with Gasteiger partial charge in [0.1, 0.15) is 11.5 Å². The molecule has 0 fully saturated rings. The number of benzene rings is 3. The lowest BCUT2D eigenvalue weighted by Crippen LogP contribution is -2.33. The van der Waals surface area contributed by atoms with E-state index in [2.05, 4.69) is 13.8 Å². The monoisotopic (exact) mass is 400 g/mol. The second-order valence-corrected chi connectivity index (χ2v) is 8.91. The number of rotatable bonds is 2. The number of ether oxygens (including phenoxy) is 2. The van der Waals surface area contributed by atoms with Crippen LogP contribution < -0.4 is 9.47 Å². The molecule has 3 aromatic carbocycles. The van der Waals surface area contributed by atoms with E-state index in [9.17, 15) is 9.90 Å². The first kappa shape index (κ1) is 18.7. The van der Waals surface area contributed by atoms with E-state index in [-0.39, 0.29) is 16.9 Å². The number of aromatic hydroxyl groups is 1. The Morgan fingerprint density at radius 3 is 2.63 bits per heavy atom. The summed E-state index contributed by atoms with van der Waals surface area (Å²) in [6.07, 6.45) is 1.14. The van der Waals surface area contributed by atoms with Crippen LogP contribution in [0.4, 0.5) is 0 Å². The Balaban J connectivity index is 1.85. The van der Waals surface area contributed by atoms with E-state index in [0.29, 0.717) is 35.5 Å². The molecule has 1 heterocycles. The van der Waals surface area contributed by atoms with Crippen LogP contribution in [0.25, 0.3) is 10.8 Å². The average molecular weight is 400 g/mol. The van der Waals surface area contributed by atoms with Gasteiger partial charge in [-0.3, -0.25) is 4.79 Å². The first-order valence-electron chi connectivity index (χ1n) is 10.2. The van der Waals surface area contributed by atoms with E-state index in [1.165, 1.54) is 7.11 Å². The first-order valence-corrected chi connectivity index (χ1v) is 10.2. The van der Waals surface area contributed by atoms with Gasteiger partial charge in [-0.25, -0.2) is 0 Å². The second kappa shape index (κ2) is 6.63. The van der Waals surface area contributed by atoms with Gasteiger partial charge in [-0.2, -0.15) is 0 Å². The van der Waals surface area contributed by atoms with E-state index >= 15 is 0 Å². The molecule has 4 nitrogen and oxygen atoms in total. The van der Waals surface area contributed by atoms with Crippen LogP contribution in [0.5, 0.6) is 17.2 Å². The zero-order valence-corrected chi connectivity index (χ0v) is 17.4. The molecular weight excluding hydrogens is 376 g/mol. The van der Waals surface area contributed by atoms with Gasteiger partial charge in [0.2, 0.25) is 0 Å². The first-order chi connectivity index (χ1) is 14.4. The van der Waals surface area contributed by atoms with Gasteiger partial charge >= 0.3 is 0 Å². The number of carbonyl (C=O) groups is 1. The summed E-state index contributed by atoms with van der Waals surface area (Å²) in [4.78, 5) is 13.4. The minimum Gasteiger partial charge on any atom is -0.504 e. The Labute approximate surface area is 175 Å². The minimum atomic E-state index is -0.409. The number of allylic oxidation sites excluding steroid dienone is 2. The third-order valence-electron chi connectivity index (χ3n) is 6.18. The van der Waals surface area contributed by atoms with Crippen LogP contribution in [-0.4, -0.2) is 18.0 Å². The summed E-state index contributed by atoms with van der Waals surface area (Å²) < 4.78 is 11.7. The molecule has 0 amide bonds. The van der Waals surface area contributed by atoms with Crippen molar-refractivity contribution in [1.29, 1.82) is 0 Å². The molecule has 0 aromatic heterocycles. The van der Waals surface area contributed by atoms with Crippen LogP contribution >= 0.6 is 0 Å². The lowest BCUT2D eigenvalue weighted by Gasteiger charge is -2.39. The second-order valence-electron chi connectivity index (χ2n) is 8.91. The van der Waals surface area contributed by atoms with Crippen molar-refractivity contribution in [1.82, 2.24) is 0 Å². The van der Waals surface area contributed by atoms with Crippen molar-refractivity contribution in [2.24, 2.45) is 5.41 Å². The van der Waals surface area contributed by atoms with Gasteiger partial charge in [-0.15, -0.1) is 0 Å². The number of fused-ring (bicyclic) bond motifs is 3. The molecule has 1 atom stereocenters. The van der Waals surface area contributed by atoms with E-state index in [1.54, 1.807) is 6.07 Å².